The Kier molecular flexibility index (Phi) is 6.68. The summed E-state index contributed by atoms with van der Waals surface area (Å²) in [4.78, 5) is 4.98. The second-order valence-electron chi connectivity index (χ2n) is 6.40. The van der Waals surface area contributed by atoms with Gasteiger partial charge in [0, 0.05) is 19.1 Å². The van der Waals surface area contributed by atoms with Crippen molar-refractivity contribution in [3.05, 3.63) is 35.4 Å². The smallest absolute Gasteiger partial charge is 0.0236 e. The van der Waals surface area contributed by atoms with Gasteiger partial charge in [0.2, 0.25) is 0 Å². The minimum atomic E-state index is 0.734. The van der Waals surface area contributed by atoms with E-state index >= 15 is 0 Å². The lowest BCUT2D eigenvalue weighted by Crippen LogP contribution is -2.41. The molecule has 1 aromatic rings. The zero-order valence-corrected chi connectivity index (χ0v) is 13.9. The fourth-order valence-corrected chi connectivity index (χ4v) is 3.12. The molecule has 2 rings (SSSR count). The van der Waals surface area contributed by atoms with Gasteiger partial charge in [-0.3, -0.25) is 4.90 Å². The Morgan fingerprint density at radius 3 is 2.52 bits per heavy atom. The predicted octanol–water partition coefficient (Wildman–Crippen LogP) is 2.71. The third kappa shape index (κ3) is 5.10. The average molecular weight is 289 g/mol. The van der Waals surface area contributed by atoms with E-state index in [1.807, 2.05) is 0 Å². The third-order valence-corrected chi connectivity index (χ3v) is 4.59. The molecule has 1 saturated heterocycles. The monoisotopic (exact) mass is 289 g/mol. The van der Waals surface area contributed by atoms with E-state index in [9.17, 15) is 0 Å². The fraction of sp³-hybridized carbons (Fsp3) is 0.667. The molecular weight excluding hydrogens is 258 g/mol. The molecule has 0 spiro atoms. The number of nitrogens with zero attached hydrogens (tertiary/aromatic N) is 2. The van der Waals surface area contributed by atoms with Crippen LogP contribution in [0.3, 0.4) is 0 Å². The first-order valence-corrected chi connectivity index (χ1v) is 8.37. The molecule has 3 nitrogen and oxygen atoms in total. The number of likely N-dealkylation sites (tertiary alicyclic amines) is 1. The predicted molar refractivity (Wildman–Crippen MR) is 90.4 cm³/mol. The Bertz CT molecular complexity index is 411. The summed E-state index contributed by atoms with van der Waals surface area (Å²) in [5.41, 5.74) is 2.92. The summed E-state index contributed by atoms with van der Waals surface area (Å²) in [5, 5.41) is 3.53. The van der Waals surface area contributed by atoms with Crippen molar-refractivity contribution in [2.24, 2.45) is 0 Å². The van der Waals surface area contributed by atoms with Gasteiger partial charge in [-0.25, -0.2) is 0 Å². The molecule has 1 N–H and O–H groups in total. The number of piperidine rings is 1. The molecule has 1 heterocycles. The molecule has 1 fully saturated rings. The van der Waals surface area contributed by atoms with E-state index in [1.54, 1.807) is 0 Å². The lowest BCUT2D eigenvalue weighted by Gasteiger charge is -2.35. The maximum atomic E-state index is 3.53. The Balaban J connectivity index is 1.92. The van der Waals surface area contributed by atoms with Crippen LogP contribution in [0.2, 0.25) is 0 Å². The summed E-state index contributed by atoms with van der Waals surface area (Å²) in [7, 11) is 4.51. The highest BCUT2D eigenvalue weighted by molar-refractivity contribution is 5.27. The van der Waals surface area contributed by atoms with Crippen LogP contribution in [0.5, 0.6) is 0 Å². The molecule has 0 amide bonds. The van der Waals surface area contributed by atoms with Gasteiger partial charge in [-0.05, 0) is 64.1 Å². The molecule has 1 aliphatic rings. The van der Waals surface area contributed by atoms with Crippen LogP contribution in [0.15, 0.2) is 24.3 Å². The molecule has 0 saturated carbocycles. The van der Waals surface area contributed by atoms with Gasteiger partial charge in [0.05, 0.1) is 0 Å². The van der Waals surface area contributed by atoms with Gasteiger partial charge in [-0.2, -0.15) is 0 Å². The summed E-state index contributed by atoms with van der Waals surface area (Å²) in [6.07, 6.45) is 3.78. The molecule has 0 aromatic heterocycles. The summed E-state index contributed by atoms with van der Waals surface area (Å²) in [5.74, 6) is 0. The molecule has 21 heavy (non-hydrogen) atoms. The second-order valence-corrected chi connectivity index (χ2v) is 6.40. The molecule has 0 radical (unpaired) electrons. The summed E-state index contributed by atoms with van der Waals surface area (Å²) >= 11 is 0. The quantitative estimate of drug-likeness (QED) is 0.779. The summed E-state index contributed by atoms with van der Waals surface area (Å²) in [6, 6.07) is 9.61. The zero-order valence-electron chi connectivity index (χ0n) is 13.9. The lowest BCUT2D eigenvalue weighted by molar-refractivity contribution is 0.139. The van der Waals surface area contributed by atoms with Gasteiger partial charge >= 0.3 is 0 Å². The standard InChI is InChI=1S/C18H31N3/c1-4-11-19-14-16-7-5-6-8-17(16)15-21(3)18-9-12-20(2)13-10-18/h5-8,18-19H,4,9-15H2,1-3H3. The van der Waals surface area contributed by atoms with Crippen LogP contribution in [0, 0.1) is 0 Å². The fourth-order valence-electron chi connectivity index (χ4n) is 3.12. The SMILES string of the molecule is CCCNCc1ccccc1CN(C)C1CCN(C)CC1. The first-order valence-electron chi connectivity index (χ1n) is 8.37. The van der Waals surface area contributed by atoms with Crippen molar-refractivity contribution in [1.82, 2.24) is 15.1 Å². The molecule has 0 aliphatic carbocycles. The lowest BCUT2D eigenvalue weighted by atomic mass is 10.0. The van der Waals surface area contributed by atoms with Gasteiger partial charge < -0.3 is 10.2 Å². The van der Waals surface area contributed by atoms with Crippen molar-refractivity contribution in [3.63, 3.8) is 0 Å². The largest absolute Gasteiger partial charge is 0.313 e. The average Bonchev–Trinajstić information content (AvgIpc) is 2.50. The minimum absolute atomic E-state index is 0.734. The Morgan fingerprint density at radius 2 is 1.86 bits per heavy atom. The minimum Gasteiger partial charge on any atom is -0.313 e. The molecule has 3 heteroatoms. The number of hydrogen-bond donors (Lipinski definition) is 1. The third-order valence-electron chi connectivity index (χ3n) is 4.59. The molecule has 118 valence electrons. The van der Waals surface area contributed by atoms with Gasteiger partial charge in [-0.1, -0.05) is 31.2 Å². The second kappa shape index (κ2) is 8.52. The van der Waals surface area contributed by atoms with Crippen molar-refractivity contribution in [2.45, 2.75) is 45.3 Å². The number of rotatable bonds is 7. The van der Waals surface area contributed by atoms with E-state index in [0.717, 1.165) is 25.7 Å². The highest BCUT2D eigenvalue weighted by Crippen LogP contribution is 2.18. The van der Waals surface area contributed by atoms with Crippen LogP contribution in [0.4, 0.5) is 0 Å². The van der Waals surface area contributed by atoms with Crippen LogP contribution in [-0.4, -0.2) is 49.6 Å². The van der Waals surface area contributed by atoms with E-state index < -0.39 is 0 Å². The molecule has 0 unspecified atom stereocenters. The first kappa shape index (κ1) is 16.5. The van der Waals surface area contributed by atoms with Crippen LogP contribution < -0.4 is 5.32 Å². The Labute approximate surface area is 130 Å². The van der Waals surface area contributed by atoms with Crippen LogP contribution >= 0.6 is 0 Å². The van der Waals surface area contributed by atoms with E-state index in [0.29, 0.717) is 0 Å². The van der Waals surface area contributed by atoms with Crippen LogP contribution in [-0.2, 0) is 13.1 Å². The Morgan fingerprint density at radius 1 is 1.19 bits per heavy atom. The molecule has 0 atom stereocenters. The van der Waals surface area contributed by atoms with Gasteiger partial charge in [0.1, 0.15) is 0 Å². The highest BCUT2D eigenvalue weighted by Gasteiger charge is 2.20. The van der Waals surface area contributed by atoms with E-state index in [4.69, 9.17) is 0 Å². The van der Waals surface area contributed by atoms with Crippen LogP contribution in [0.1, 0.15) is 37.3 Å². The normalized spacial score (nSPS) is 17.5. The van der Waals surface area contributed by atoms with Gasteiger partial charge in [-0.15, -0.1) is 0 Å². The van der Waals surface area contributed by atoms with E-state index in [2.05, 4.69) is 60.4 Å². The van der Waals surface area contributed by atoms with Crippen molar-refractivity contribution in [3.8, 4) is 0 Å². The maximum Gasteiger partial charge on any atom is 0.0236 e. The van der Waals surface area contributed by atoms with Crippen molar-refractivity contribution >= 4 is 0 Å². The molecule has 1 aromatic carbocycles. The number of hydrogen-bond acceptors (Lipinski definition) is 3. The summed E-state index contributed by atoms with van der Waals surface area (Å²) < 4.78 is 0. The Hall–Kier alpha value is -0.900. The molecule has 0 bridgehead atoms. The highest BCUT2D eigenvalue weighted by atomic mass is 15.2. The first-order chi connectivity index (χ1) is 10.2. The van der Waals surface area contributed by atoms with E-state index in [-0.39, 0.29) is 0 Å². The van der Waals surface area contributed by atoms with Gasteiger partial charge in [0.15, 0.2) is 0 Å². The molecular formula is C18H31N3. The van der Waals surface area contributed by atoms with Crippen LogP contribution in [0.25, 0.3) is 0 Å². The topological polar surface area (TPSA) is 18.5 Å². The zero-order chi connectivity index (χ0) is 15.1. The summed E-state index contributed by atoms with van der Waals surface area (Å²) in [6.45, 7) is 7.83. The number of benzene rings is 1. The van der Waals surface area contributed by atoms with Crippen molar-refractivity contribution in [1.29, 1.82) is 0 Å². The maximum absolute atomic E-state index is 3.53. The van der Waals surface area contributed by atoms with Crippen molar-refractivity contribution < 1.29 is 0 Å². The van der Waals surface area contributed by atoms with Crippen molar-refractivity contribution in [2.75, 3.05) is 33.7 Å². The molecule has 1 aliphatic heterocycles. The van der Waals surface area contributed by atoms with Gasteiger partial charge in [0.25, 0.3) is 0 Å². The number of nitrogens with one attached hydrogen (secondary N) is 1. The van der Waals surface area contributed by atoms with E-state index in [1.165, 1.54) is 43.5 Å².